The first-order chi connectivity index (χ1) is 10.3. The fraction of sp³-hybridized carbons (Fsp3) is 1.00. The van der Waals surface area contributed by atoms with Crippen LogP contribution in [0.15, 0.2) is 0 Å². The molecule has 3 rings (SSSR count). The Labute approximate surface area is 130 Å². The number of hydrogen-bond acceptors (Lipinski definition) is 3. The molecule has 0 aromatic rings. The lowest BCUT2D eigenvalue weighted by Crippen LogP contribution is -2.42. The van der Waals surface area contributed by atoms with Crippen molar-refractivity contribution in [3.8, 4) is 0 Å². The van der Waals surface area contributed by atoms with Gasteiger partial charge in [-0.2, -0.15) is 0 Å². The minimum atomic E-state index is -0.0326. The van der Waals surface area contributed by atoms with Gasteiger partial charge >= 0.3 is 0 Å². The smallest absolute Gasteiger partial charge is 0.0580 e. The molecule has 0 radical (unpaired) electrons. The lowest BCUT2D eigenvalue weighted by atomic mass is 9.92. The predicted molar refractivity (Wildman–Crippen MR) is 87.4 cm³/mol. The zero-order chi connectivity index (χ0) is 14.5. The first-order valence-electron chi connectivity index (χ1n) is 9.44. The highest BCUT2D eigenvalue weighted by Gasteiger charge is 2.27. The van der Waals surface area contributed by atoms with Gasteiger partial charge in [-0.05, 0) is 76.5 Å². The molecule has 1 aliphatic carbocycles. The Kier molecular flexibility index (Phi) is 5.96. The lowest BCUT2D eigenvalue weighted by Gasteiger charge is -2.36. The van der Waals surface area contributed by atoms with Gasteiger partial charge in [-0.15, -0.1) is 0 Å². The number of hydrogen-bond donors (Lipinski definition) is 1. The molecule has 0 aromatic carbocycles. The number of aliphatic hydroxyl groups is 1. The Bertz CT molecular complexity index is 296. The van der Waals surface area contributed by atoms with Crippen LogP contribution in [0.5, 0.6) is 0 Å². The van der Waals surface area contributed by atoms with Crippen LogP contribution in [-0.4, -0.2) is 60.3 Å². The molecule has 2 atom stereocenters. The van der Waals surface area contributed by atoms with Crippen molar-refractivity contribution in [2.75, 3.05) is 39.3 Å². The summed E-state index contributed by atoms with van der Waals surface area (Å²) in [5.74, 6) is 1.47. The zero-order valence-corrected chi connectivity index (χ0v) is 13.7. The van der Waals surface area contributed by atoms with E-state index in [1.807, 2.05) is 0 Å². The Morgan fingerprint density at radius 2 is 1.33 bits per heavy atom. The van der Waals surface area contributed by atoms with Gasteiger partial charge in [0.25, 0.3) is 0 Å². The lowest BCUT2D eigenvalue weighted by molar-refractivity contribution is 0.0596. The molecular weight excluding hydrogens is 260 g/mol. The summed E-state index contributed by atoms with van der Waals surface area (Å²) in [5, 5.41) is 10.3. The largest absolute Gasteiger partial charge is 0.393 e. The van der Waals surface area contributed by atoms with E-state index in [2.05, 4.69) is 9.80 Å². The molecule has 1 N–H and O–H groups in total. The van der Waals surface area contributed by atoms with Gasteiger partial charge in [0.15, 0.2) is 0 Å². The second-order valence-corrected chi connectivity index (χ2v) is 7.72. The summed E-state index contributed by atoms with van der Waals surface area (Å²) in [4.78, 5) is 5.31. The normalized spacial score (nSPS) is 34.1. The summed E-state index contributed by atoms with van der Waals surface area (Å²) < 4.78 is 0. The topological polar surface area (TPSA) is 26.7 Å². The summed E-state index contributed by atoms with van der Waals surface area (Å²) >= 11 is 0. The highest BCUT2D eigenvalue weighted by molar-refractivity contribution is 4.81. The van der Waals surface area contributed by atoms with Crippen molar-refractivity contribution < 1.29 is 5.11 Å². The summed E-state index contributed by atoms with van der Waals surface area (Å²) in [6.45, 7) is 7.71. The monoisotopic (exact) mass is 294 g/mol. The van der Waals surface area contributed by atoms with Crippen LogP contribution in [0, 0.1) is 11.8 Å². The third-order valence-electron chi connectivity index (χ3n) is 6.03. The van der Waals surface area contributed by atoms with E-state index >= 15 is 0 Å². The summed E-state index contributed by atoms with van der Waals surface area (Å²) in [5.41, 5.74) is 0. The van der Waals surface area contributed by atoms with Crippen LogP contribution in [-0.2, 0) is 0 Å². The van der Waals surface area contributed by atoms with E-state index in [9.17, 15) is 5.11 Å². The molecule has 3 heteroatoms. The summed E-state index contributed by atoms with van der Waals surface area (Å²) in [7, 11) is 0. The van der Waals surface area contributed by atoms with Crippen molar-refractivity contribution in [2.24, 2.45) is 11.8 Å². The number of piperidine rings is 1. The average molecular weight is 294 g/mol. The van der Waals surface area contributed by atoms with E-state index in [1.165, 1.54) is 84.1 Å². The maximum absolute atomic E-state index is 10.3. The van der Waals surface area contributed by atoms with E-state index in [-0.39, 0.29) is 6.10 Å². The van der Waals surface area contributed by atoms with Gasteiger partial charge in [-0.3, -0.25) is 0 Å². The SMILES string of the molecule is OC1CCCCCC1CN1CCC(CN2CCCC2)CC1. The molecular formula is C18H34N2O. The maximum Gasteiger partial charge on any atom is 0.0580 e. The number of likely N-dealkylation sites (tertiary alicyclic amines) is 2. The van der Waals surface area contributed by atoms with E-state index in [0.717, 1.165) is 18.9 Å². The van der Waals surface area contributed by atoms with Crippen molar-refractivity contribution in [1.82, 2.24) is 9.80 Å². The number of rotatable bonds is 4. The molecule has 21 heavy (non-hydrogen) atoms. The molecule has 3 fully saturated rings. The van der Waals surface area contributed by atoms with Crippen molar-refractivity contribution in [3.05, 3.63) is 0 Å². The molecule has 3 nitrogen and oxygen atoms in total. The van der Waals surface area contributed by atoms with Crippen molar-refractivity contribution in [1.29, 1.82) is 0 Å². The number of nitrogens with zero attached hydrogens (tertiary/aromatic N) is 2. The van der Waals surface area contributed by atoms with E-state index < -0.39 is 0 Å². The van der Waals surface area contributed by atoms with Crippen LogP contribution in [0.25, 0.3) is 0 Å². The van der Waals surface area contributed by atoms with Crippen molar-refractivity contribution in [2.45, 2.75) is 63.9 Å². The highest BCUT2D eigenvalue weighted by Crippen LogP contribution is 2.27. The first-order valence-corrected chi connectivity index (χ1v) is 9.44. The molecule has 2 saturated heterocycles. The second-order valence-electron chi connectivity index (χ2n) is 7.72. The minimum absolute atomic E-state index is 0.0326. The molecule has 0 amide bonds. The van der Waals surface area contributed by atoms with Crippen LogP contribution in [0.4, 0.5) is 0 Å². The standard InChI is InChI=1S/C18H34N2O/c21-18-7-3-1-2-6-17(18)15-20-12-8-16(9-13-20)14-19-10-4-5-11-19/h16-18,21H,1-15H2. The van der Waals surface area contributed by atoms with Crippen LogP contribution >= 0.6 is 0 Å². The first kappa shape index (κ1) is 15.8. The molecule has 2 heterocycles. The van der Waals surface area contributed by atoms with Gasteiger partial charge < -0.3 is 14.9 Å². The number of aliphatic hydroxyl groups excluding tert-OH is 1. The summed E-state index contributed by atoms with van der Waals surface area (Å²) in [6, 6.07) is 0. The van der Waals surface area contributed by atoms with Crippen LogP contribution < -0.4 is 0 Å². The average Bonchev–Trinajstić information content (AvgIpc) is 2.92. The fourth-order valence-corrected chi connectivity index (χ4v) is 4.59. The van der Waals surface area contributed by atoms with E-state index in [1.54, 1.807) is 0 Å². The van der Waals surface area contributed by atoms with Crippen molar-refractivity contribution >= 4 is 0 Å². The van der Waals surface area contributed by atoms with Crippen LogP contribution in [0.2, 0.25) is 0 Å². The highest BCUT2D eigenvalue weighted by atomic mass is 16.3. The van der Waals surface area contributed by atoms with Gasteiger partial charge in [0.1, 0.15) is 0 Å². The van der Waals surface area contributed by atoms with Crippen molar-refractivity contribution in [3.63, 3.8) is 0 Å². The zero-order valence-electron chi connectivity index (χ0n) is 13.7. The van der Waals surface area contributed by atoms with Gasteiger partial charge in [0, 0.05) is 13.1 Å². The third-order valence-corrected chi connectivity index (χ3v) is 6.03. The molecule has 2 aliphatic heterocycles. The molecule has 1 saturated carbocycles. The van der Waals surface area contributed by atoms with Crippen LogP contribution in [0.1, 0.15) is 57.8 Å². The minimum Gasteiger partial charge on any atom is -0.393 e. The van der Waals surface area contributed by atoms with Gasteiger partial charge in [-0.25, -0.2) is 0 Å². The van der Waals surface area contributed by atoms with Gasteiger partial charge in [-0.1, -0.05) is 19.3 Å². The molecule has 0 spiro atoms. The summed E-state index contributed by atoms with van der Waals surface area (Å²) in [6.07, 6.45) is 11.7. The molecule has 3 aliphatic rings. The molecule has 0 bridgehead atoms. The van der Waals surface area contributed by atoms with Gasteiger partial charge in [0.05, 0.1) is 6.10 Å². The second kappa shape index (κ2) is 7.94. The van der Waals surface area contributed by atoms with Gasteiger partial charge in [0.2, 0.25) is 0 Å². The quantitative estimate of drug-likeness (QED) is 0.808. The Morgan fingerprint density at radius 3 is 2.10 bits per heavy atom. The Hall–Kier alpha value is -0.120. The predicted octanol–water partition coefficient (Wildman–Crippen LogP) is 2.74. The van der Waals surface area contributed by atoms with E-state index in [0.29, 0.717) is 5.92 Å². The fourth-order valence-electron chi connectivity index (χ4n) is 4.59. The third kappa shape index (κ3) is 4.67. The molecule has 0 aromatic heterocycles. The van der Waals surface area contributed by atoms with Crippen LogP contribution in [0.3, 0.4) is 0 Å². The molecule has 2 unspecified atom stereocenters. The molecule has 122 valence electrons. The Morgan fingerprint density at radius 1 is 0.667 bits per heavy atom. The Balaban J connectivity index is 1.38. The maximum atomic E-state index is 10.3. The van der Waals surface area contributed by atoms with E-state index in [4.69, 9.17) is 0 Å².